The molecule has 0 aromatic heterocycles. The van der Waals surface area contributed by atoms with Crippen LogP contribution in [0.2, 0.25) is 0 Å². The Hall–Kier alpha value is -4.16. The highest BCUT2D eigenvalue weighted by Crippen LogP contribution is 2.36. The summed E-state index contributed by atoms with van der Waals surface area (Å²) in [6.45, 7) is 2.13. The van der Waals surface area contributed by atoms with Gasteiger partial charge in [0.1, 0.15) is 0 Å². The average molecular weight is 435 g/mol. The van der Waals surface area contributed by atoms with Crippen LogP contribution in [0, 0.1) is 6.92 Å². The fourth-order valence-electron chi connectivity index (χ4n) is 4.97. The third-order valence-corrected chi connectivity index (χ3v) is 6.84. The summed E-state index contributed by atoms with van der Waals surface area (Å²) in [5.41, 5.74) is 7.73. The zero-order valence-corrected chi connectivity index (χ0v) is 19.3. The van der Waals surface area contributed by atoms with E-state index < -0.39 is 0 Å². The van der Waals surface area contributed by atoms with E-state index in [2.05, 4.69) is 140 Å². The standard InChI is InChI=1S/C34H26/c1-24-10-12-27(13-11-24)28-14-18-29(19-15-28)34(32-20-16-25-6-2-4-8-30(25)22-32)33-21-17-26-7-3-5-9-31(26)23-33/h2-23,34H,1H3. The normalized spacial score (nSPS) is 11.4. The van der Waals surface area contributed by atoms with Crippen molar-refractivity contribution in [2.24, 2.45) is 0 Å². The minimum atomic E-state index is 0.168. The van der Waals surface area contributed by atoms with Crippen molar-refractivity contribution in [2.75, 3.05) is 0 Å². The van der Waals surface area contributed by atoms with Crippen molar-refractivity contribution in [1.82, 2.24) is 0 Å². The lowest BCUT2D eigenvalue weighted by Crippen LogP contribution is -2.03. The molecule has 0 aliphatic carbocycles. The molecule has 0 heterocycles. The summed E-state index contributed by atoms with van der Waals surface area (Å²) in [5.74, 6) is 0.168. The zero-order chi connectivity index (χ0) is 22.9. The van der Waals surface area contributed by atoms with Crippen molar-refractivity contribution in [3.63, 3.8) is 0 Å². The molecule has 162 valence electrons. The number of rotatable bonds is 4. The van der Waals surface area contributed by atoms with E-state index in [4.69, 9.17) is 0 Å². The fraction of sp³-hybridized carbons (Fsp3) is 0.0588. The molecular weight excluding hydrogens is 408 g/mol. The number of hydrogen-bond acceptors (Lipinski definition) is 0. The van der Waals surface area contributed by atoms with Gasteiger partial charge in [-0.05, 0) is 56.3 Å². The Morgan fingerprint density at radius 1 is 0.382 bits per heavy atom. The molecule has 0 unspecified atom stereocenters. The van der Waals surface area contributed by atoms with Gasteiger partial charge in [0, 0.05) is 5.92 Å². The molecule has 0 aliphatic rings. The van der Waals surface area contributed by atoms with Crippen molar-refractivity contribution < 1.29 is 0 Å². The van der Waals surface area contributed by atoms with Crippen LogP contribution in [0.25, 0.3) is 32.7 Å². The largest absolute Gasteiger partial charge is 0.0616 e. The maximum atomic E-state index is 2.35. The molecule has 6 aromatic rings. The maximum absolute atomic E-state index is 2.35. The topological polar surface area (TPSA) is 0 Å². The number of aryl methyl sites for hydroxylation is 1. The van der Waals surface area contributed by atoms with Gasteiger partial charge < -0.3 is 0 Å². The van der Waals surface area contributed by atoms with Crippen LogP contribution in [0.15, 0.2) is 133 Å². The first-order valence-corrected chi connectivity index (χ1v) is 11.9. The SMILES string of the molecule is Cc1ccc(-c2ccc(C(c3ccc4ccccc4c3)c3ccc4ccccc4c3)cc2)cc1. The van der Waals surface area contributed by atoms with Gasteiger partial charge in [-0.3, -0.25) is 0 Å². The van der Waals surface area contributed by atoms with Crippen LogP contribution in [0.3, 0.4) is 0 Å². The van der Waals surface area contributed by atoms with Gasteiger partial charge in [-0.25, -0.2) is 0 Å². The number of fused-ring (bicyclic) bond motifs is 2. The first-order valence-electron chi connectivity index (χ1n) is 11.9. The lowest BCUT2D eigenvalue weighted by atomic mass is 9.83. The maximum Gasteiger partial charge on any atom is 0.0340 e. The molecule has 0 aliphatic heterocycles. The van der Waals surface area contributed by atoms with Gasteiger partial charge in [0.25, 0.3) is 0 Å². The van der Waals surface area contributed by atoms with E-state index in [0.717, 1.165) is 0 Å². The van der Waals surface area contributed by atoms with E-state index in [1.165, 1.54) is 54.9 Å². The summed E-state index contributed by atoms with van der Waals surface area (Å²) < 4.78 is 0. The van der Waals surface area contributed by atoms with E-state index in [1.807, 2.05) is 0 Å². The molecule has 0 fully saturated rings. The number of benzene rings is 6. The van der Waals surface area contributed by atoms with Crippen molar-refractivity contribution in [2.45, 2.75) is 12.8 Å². The molecule has 0 heteroatoms. The Morgan fingerprint density at radius 3 is 1.29 bits per heavy atom. The Kier molecular flexibility index (Phi) is 5.20. The van der Waals surface area contributed by atoms with Crippen LogP contribution in [0.5, 0.6) is 0 Å². The zero-order valence-electron chi connectivity index (χ0n) is 19.3. The monoisotopic (exact) mass is 434 g/mol. The van der Waals surface area contributed by atoms with Crippen LogP contribution >= 0.6 is 0 Å². The predicted molar refractivity (Wildman–Crippen MR) is 145 cm³/mol. The van der Waals surface area contributed by atoms with E-state index in [0.29, 0.717) is 0 Å². The highest BCUT2D eigenvalue weighted by Gasteiger charge is 2.18. The summed E-state index contributed by atoms with van der Waals surface area (Å²) >= 11 is 0. The van der Waals surface area contributed by atoms with Gasteiger partial charge in [-0.1, -0.05) is 139 Å². The van der Waals surface area contributed by atoms with Gasteiger partial charge in [0.2, 0.25) is 0 Å². The molecule has 0 atom stereocenters. The fourth-order valence-corrected chi connectivity index (χ4v) is 4.97. The molecular formula is C34H26. The first kappa shape index (κ1) is 20.4. The number of hydrogen-bond donors (Lipinski definition) is 0. The average Bonchev–Trinajstić information content (AvgIpc) is 2.90. The van der Waals surface area contributed by atoms with E-state index in [1.54, 1.807) is 0 Å². The summed E-state index contributed by atoms with van der Waals surface area (Å²) in [7, 11) is 0. The molecule has 6 rings (SSSR count). The van der Waals surface area contributed by atoms with Gasteiger partial charge in [-0.2, -0.15) is 0 Å². The van der Waals surface area contributed by atoms with Crippen molar-refractivity contribution in [1.29, 1.82) is 0 Å². The molecule has 0 saturated heterocycles. The molecule has 6 aromatic carbocycles. The van der Waals surface area contributed by atoms with Gasteiger partial charge in [0.15, 0.2) is 0 Å². The van der Waals surface area contributed by atoms with Crippen molar-refractivity contribution in [3.8, 4) is 11.1 Å². The molecule has 0 nitrogen and oxygen atoms in total. The second-order valence-electron chi connectivity index (χ2n) is 9.13. The summed E-state index contributed by atoms with van der Waals surface area (Å²) in [6.07, 6.45) is 0. The quantitative estimate of drug-likeness (QED) is 0.243. The first-order chi connectivity index (χ1) is 16.7. The van der Waals surface area contributed by atoms with Gasteiger partial charge in [-0.15, -0.1) is 0 Å². The van der Waals surface area contributed by atoms with Crippen LogP contribution in [0.4, 0.5) is 0 Å². The lowest BCUT2D eigenvalue weighted by molar-refractivity contribution is 0.983. The van der Waals surface area contributed by atoms with Gasteiger partial charge in [0.05, 0.1) is 0 Å². The summed E-state index contributed by atoms with van der Waals surface area (Å²) in [6, 6.07) is 48.9. The highest BCUT2D eigenvalue weighted by atomic mass is 14.2. The van der Waals surface area contributed by atoms with Crippen LogP contribution < -0.4 is 0 Å². The third kappa shape index (κ3) is 3.89. The van der Waals surface area contributed by atoms with E-state index in [9.17, 15) is 0 Å². The van der Waals surface area contributed by atoms with Crippen molar-refractivity contribution in [3.05, 3.63) is 156 Å². The van der Waals surface area contributed by atoms with E-state index in [-0.39, 0.29) is 5.92 Å². The highest BCUT2D eigenvalue weighted by molar-refractivity contribution is 5.85. The second-order valence-corrected chi connectivity index (χ2v) is 9.13. The van der Waals surface area contributed by atoms with E-state index >= 15 is 0 Å². The Morgan fingerprint density at radius 2 is 0.794 bits per heavy atom. The Balaban J connectivity index is 1.48. The van der Waals surface area contributed by atoms with Gasteiger partial charge >= 0.3 is 0 Å². The summed E-state index contributed by atoms with van der Waals surface area (Å²) in [4.78, 5) is 0. The minimum absolute atomic E-state index is 0.168. The predicted octanol–water partition coefficient (Wildman–Crippen LogP) is 9.15. The van der Waals surface area contributed by atoms with Crippen molar-refractivity contribution >= 4 is 21.5 Å². The second kappa shape index (κ2) is 8.65. The Labute approximate surface area is 201 Å². The van der Waals surface area contributed by atoms with Crippen LogP contribution in [-0.2, 0) is 0 Å². The molecule has 0 bridgehead atoms. The molecule has 34 heavy (non-hydrogen) atoms. The molecule has 0 radical (unpaired) electrons. The molecule has 0 amide bonds. The van der Waals surface area contributed by atoms with Crippen LogP contribution in [0.1, 0.15) is 28.2 Å². The third-order valence-electron chi connectivity index (χ3n) is 6.84. The molecule has 0 spiro atoms. The van der Waals surface area contributed by atoms with Crippen LogP contribution in [-0.4, -0.2) is 0 Å². The molecule has 0 N–H and O–H groups in total. The smallest absolute Gasteiger partial charge is 0.0340 e. The minimum Gasteiger partial charge on any atom is -0.0616 e. The molecule has 0 saturated carbocycles. The Bertz CT molecular complexity index is 1510. The summed E-state index contributed by atoms with van der Waals surface area (Å²) in [5, 5.41) is 5.11. The lowest BCUT2D eigenvalue weighted by Gasteiger charge is -2.21.